The fourth-order valence-electron chi connectivity index (χ4n) is 6.23. The van der Waals surface area contributed by atoms with E-state index in [1.165, 1.54) is 6.07 Å². The molecule has 3 aromatic rings. The fourth-order valence-corrected chi connectivity index (χ4v) is 6.41. The molecule has 3 aliphatic heterocycles. The van der Waals surface area contributed by atoms with Crippen LogP contribution >= 0.6 is 12.2 Å². The van der Waals surface area contributed by atoms with Gasteiger partial charge in [0.15, 0.2) is 10.2 Å². The van der Waals surface area contributed by atoms with Gasteiger partial charge in [0.2, 0.25) is 17.7 Å². The number of H-pyrrole nitrogens is 2. The van der Waals surface area contributed by atoms with Crippen LogP contribution in [0, 0.1) is 16.1 Å². The molecular formula is C28H23N5O5S. The van der Waals surface area contributed by atoms with Crippen molar-refractivity contribution in [2.45, 2.75) is 44.1 Å². The first-order chi connectivity index (χ1) is 18.5. The Morgan fingerprint density at radius 3 is 2.64 bits per heavy atom. The zero-order valence-electron chi connectivity index (χ0n) is 21.2. The van der Waals surface area contributed by atoms with Crippen LogP contribution in [0.3, 0.4) is 0 Å². The number of esters is 1. The molecule has 6 rings (SSSR count). The van der Waals surface area contributed by atoms with Crippen LogP contribution in [0.1, 0.15) is 60.2 Å². The average molecular weight is 542 g/mol. The largest absolute Gasteiger partial charge is 0.424 e. The molecule has 0 saturated heterocycles. The molecule has 2 aromatic carbocycles. The number of aromatic nitrogens is 2. The summed E-state index contributed by atoms with van der Waals surface area (Å²) in [6, 6.07) is 13.8. The average Bonchev–Trinajstić information content (AvgIpc) is 3.12. The number of nitrogens with two attached hydrogens (primary N) is 1. The first-order valence-electron chi connectivity index (χ1n) is 12.3. The third kappa shape index (κ3) is 3.25. The van der Waals surface area contributed by atoms with E-state index in [1.54, 1.807) is 41.3 Å². The van der Waals surface area contributed by atoms with Crippen molar-refractivity contribution < 1.29 is 19.1 Å². The Kier molecular flexibility index (Phi) is 5.15. The Hall–Kier alpha value is -4.69. The highest BCUT2D eigenvalue weighted by molar-refractivity contribution is 7.71. The molecule has 1 amide bonds. The van der Waals surface area contributed by atoms with Gasteiger partial charge in [-0.25, -0.2) is 4.79 Å². The van der Waals surface area contributed by atoms with Crippen LogP contribution in [-0.2, 0) is 10.2 Å². The number of ether oxygens (including phenoxy) is 2. The van der Waals surface area contributed by atoms with Crippen molar-refractivity contribution in [3.63, 3.8) is 0 Å². The van der Waals surface area contributed by atoms with E-state index in [2.05, 4.69) is 9.97 Å². The number of fused-ring (bicyclic) bond motifs is 3. The molecule has 0 unspecified atom stereocenters. The number of anilines is 1. The summed E-state index contributed by atoms with van der Waals surface area (Å²) in [4.78, 5) is 48.1. The number of carbonyl (C=O) groups is 2. The number of rotatable bonds is 2. The Morgan fingerprint density at radius 1 is 1.23 bits per heavy atom. The quantitative estimate of drug-likeness (QED) is 0.252. The van der Waals surface area contributed by atoms with Gasteiger partial charge in [0.1, 0.15) is 23.0 Å². The van der Waals surface area contributed by atoms with E-state index in [1.807, 2.05) is 26.8 Å². The van der Waals surface area contributed by atoms with Crippen molar-refractivity contribution in [2.24, 2.45) is 5.73 Å². The molecule has 0 bridgehead atoms. The second kappa shape index (κ2) is 8.15. The lowest BCUT2D eigenvalue weighted by Gasteiger charge is -2.44. The van der Waals surface area contributed by atoms with Gasteiger partial charge in [-0.15, -0.1) is 0 Å². The van der Waals surface area contributed by atoms with E-state index in [0.717, 1.165) is 5.56 Å². The number of hydrogen-bond donors (Lipinski definition) is 3. The summed E-state index contributed by atoms with van der Waals surface area (Å²) >= 11 is 5.13. The Morgan fingerprint density at radius 2 is 1.95 bits per heavy atom. The van der Waals surface area contributed by atoms with Gasteiger partial charge in [0, 0.05) is 11.1 Å². The molecule has 1 aromatic heterocycles. The van der Waals surface area contributed by atoms with Gasteiger partial charge in [0.05, 0.1) is 11.3 Å². The standard InChI is InChI=1S/C28H23N5O5S/c1-13-11-27(2,3)33-20-16(13)9-15(37-24(35)14-7-5-4-6-8-14)10-17(20)28(25(33)36)18(12-29)21(30)38-23-19(28)22(34)31-26(39)32-23/h4-10,13H,11,30H2,1-3H3,(H2,31,32,34,39)/t13-,28+/m1/s1. The van der Waals surface area contributed by atoms with Crippen molar-refractivity contribution >= 4 is 29.8 Å². The summed E-state index contributed by atoms with van der Waals surface area (Å²) in [5.41, 5.74) is 4.46. The molecular weight excluding hydrogens is 518 g/mol. The summed E-state index contributed by atoms with van der Waals surface area (Å²) in [6.07, 6.45) is 0.579. The molecule has 4 heterocycles. The molecule has 0 aliphatic carbocycles. The van der Waals surface area contributed by atoms with Crippen molar-refractivity contribution in [3.05, 3.63) is 91.3 Å². The second-order valence-corrected chi connectivity index (χ2v) is 10.9. The predicted octanol–water partition coefficient (Wildman–Crippen LogP) is 3.66. The van der Waals surface area contributed by atoms with Crippen LogP contribution in [0.4, 0.5) is 5.69 Å². The van der Waals surface area contributed by atoms with Crippen molar-refractivity contribution in [2.75, 3.05) is 4.90 Å². The first-order valence-corrected chi connectivity index (χ1v) is 12.7. The zero-order chi connectivity index (χ0) is 27.9. The van der Waals surface area contributed by atoms with E-state index >= 15 is 0 Å². The maximum atomic E-state index is 14.7. The summed E-state index contributed by atoms with van der Waals surface area (Å²) in [5, 5.41) is 10.3. The SMILES string of the molecule is C[C@@H]1CC(C)(C)N2C(=O)[C@]3(C(C#N)=C(N)Oc4[nH]c(=S)[nH]c(=O)c43)c3cc(OC(=O)c4ccccc4)cc1c32. The van der Waals surface area contributed by atoms with Crippen LogP contribution in [-0.4, -0.2) is 27.4 Å². The molecule has 39 heavy (non-hydrogen) atoms. The van der Waals surface area contributed by atoms with E-state index in [9.17, 15) is 19.6 Å². The Labute approximate surface area is 227 Å². The minimum absolute atomic E-state index is 0.0332. The molecule has 4 N–H and O–H groups in total. The summed E-state index contributed by atoms with van der Waals surface area (Å²) < 4.78 is 11.4. The topological polar surface area (TPSA) is 154 Å². The van der Waals surface area contributed by atoms with Crippen LogP contribution in [0.25, 0.3) is 0 Å². The molecule has 196 valence electrons. The summed E-state index contributed by atoms with van der Waals surface area (Å²) in [7, 11) is 0. The molecule has 10 nitrogen and oxygen atoms in total. The molecule has 11 heteroatoms. The van der Waals surface area contributed by atoms with Gasteiger partial charge in [-0.05, 0) is 68.2 Å². The van der Waals surface area contributed by atoms with Crippen LogP contribution in [0.2, 0.25) is 0 Å². The van der Waals surface area contributed by atoms with Gasteiger partial charge in [-0.1, -0.05) is 25.1 Å². The fraction of sp³-hybridized carbons (Fsp3) is 0.250. The van der Waals surface area contributed by atoms with Crippen molar-refractivity contribution in [3.8, 4) is 17.7 Å². The highest BCUT2D eigenvalue weighted by Gasteiger charge is 2.64. The normalized spacial score (nSPS) is 22.2. The lowest BCUT2D eigenvalue weighted by molar-refractivity contribution is -0.122. The molecule has 1 spiro atoms. The van der Waals surface area contributed by atoms with E-state index in [4.69, 9.17) is 27.4 Å². The molecule has 0 fully saturated rings. The molecule has 3 aliphatic rings. The summed E-state index contributed by atoms with van der Waals surface area (Å²) in [5.74, 6) is -1.45. The number of hydrogen-bond acceptors (Lipinski definition) is 8. The van der Waals surface area contributed by atoms with E-state index in [0.29, 0.717) is 23.2 Å². The van der Waals surface area contributed by atoms with Gasteiger partial charge in [-0.2, -0.15) is 5.26 Å². The number of nitriles is 1. The highest BCUT2D eigenvalue weighted by atomic mass is 32.1. The Balaban J connectivity index is 1.70. The molecule has 0 radical (unpaired) electrons. The molecule has 2 atom stereocenters. The van der Waals surface area contributed by atoms with Gasteiger partial charge >= 0.3 is 5.97 Å². The highest BCUT2D eigenvalue weighted by Crippen LogP contribution is 2.60. The molecule has 0 saturated carbocycles. The van der Waals surface area contributed by atoms with Crippen molar-refractivity contribution in [1.82, 2.24) is 9.97 Å². The number of benzene rings is 2. The summed E-state index contributed by atoms with van der Waals surface area (Å²) in [6.45, 7) is 5.88. The van der Waals surface area contributed by atoms with Gasteiger partial charge in [0.25, 0.3) is 5.56 Å². The predicted molar refractivity (Wildman–Crippen MR) is 143 cm³/mol. The third-order valence-corrected chi connectivity index (χ3v) is 7.86. The van der Waals surface area contributed by atoms with Crippen LogP contribution < -0.4 is 25.7 Å². The maximum Gasteiger partial charge on any atom is 0.343 e. The zero-order valence-corrected chi connectivity index (χ0v) is 22.1. The van der Waals surface area contributed by atoms with Crippen LogP contribution in [0.15, 0.2) is 58.7 Å². The number of nitrogens with zero attached hydrogens (tertiary/aromatic N) is 2. The number of carbonyl (C=O) groups excluding carboxylic acids is 2. The van der Waals surface area contributed by atoms with Gasteiger partial charge < -0.3 is 25.1 Å². The Bertz CT molecular complexity index is 1800. The number of aromatic amines is 2. The monoisotopic (exact) mass is 541 g/mol. The minimum atomic E-state index is -1.96. The lowest BCUT2D eigenvalue weighted by Crippen LogP contribution is -2.55. The minimum Gasteiger partial charge on any atom is -0.424 e. The van der Waals surface area contributed by atoms with E-state index in [-0.39, 0.29) is 39.3 Å². The first kappa shape index (κ1) is 24.6. The number of amides is 1. The van der Waals surface area contributed by atoms with Crippen molar-refractivity contribution in [1.29, 1.82) is 5.26 Å². The number of nitrogens with one attached hydrogen (secondary N) is 2. The maximum absolute atomic E-state index is 14.7. The van der Waals surface area contributed by atoms with Crippen LogP contribution in [0.5, 0.6) is 11.6 Å². The lowest BCUT2D eigenvalue weighted by atomic mass is 9.69. The second-order valence-electron chi connectivity index (χ2n) is 10.5. The van der Waals surface area contributed by atoms with E-state index < -0.39 is 28.4 Å². The third-order valence-electron chi connectivity index (χ3n) is 7.65. The van der Waals surface area contributed by atoms with Gasteiger partial charge in [-0.3, -0.25) is 14.6 Å². The smallest absolute Gasteiger partial charge is 0.343 e.